The van der Waals surface area contributed by atoms with Crippen LogP contribution in [0.5, 0.6) is 5.75 Å². The lowest BCUT2D eigenvalue weighted by Crippen LogP contribution is -2.47. The highest BCUT2D eigenvalue weighted by Gasteiger charge is 2.38. The number of nitrogens with one attached hydrogen (secondary N) is 2. The molecule has 0 radical (unpaired) electrons. The Morgan fingerprint density at radius 2 is 1.75 bits per heavy atom. The Labute approximate surface area is 391 Å². The van der Waals surface area contributed by atoms with Crippen LogP contribution in [-0.4, -0.2) is 142 Å². The van der Waals surface area contributed by atoms with Crippen LogP contribution in [0.25, 0.3) is 0 Å². The van der Waals surface area contributed by atoms with Crippen LogP contribution in [0.15, 0.2) is 23.6 Å². The first-order valence-corrected chi connectivity index (χ1v) is 24.3. The fourth-order valence-electron chi connectivity index (χ4n) is 7.87. The van der Waals surface area contributed by atoms with Gasteiger partial charge in [-0.3, -0.25) is 43.3 Å². The van der Waals surface area contributed by atoms with Gasteiger partial charge in [-0.05, 0) is 55.1 Å². The quantitative estimate of drug-likeness (QED) is 0.0406. The topological polar surface area (TPSA) is 230 Å². The number of likely N-dealkylation sites (tertiary alicyclic amines) is 1. The Balaban J connectivity index is 1.79. The number of anilines is 1. The maximum atomic E-state index is 14.2. The summed E-state index contributed by atoms with van der Waals surface area (Å²) < 4.78 is 6.22. The number of rotatable bonds is 26. The van der Waals surface area contributed by atoms with Gasteiger partial charge < -0.3 is 35.0 Å². The number of Topliss-reactive ketones (excluding diaryl/α,β-unsaturated/α-hetero) is 1. The number of carbonyl (C=O) groups is 8. The van der Waals surface area contributed by atoms with Crippen LogP contribution < -0.4 is 10.6 Å². The highest BCUT2D eigenvalue weighted by atomic mass is 32.2. The molecule has 7 atom stereocenters. The number of amides is 5. The Morgan fingerprint density at radius 1 is 1.08 bits per heavy atom. The van der Waals surface area contributed by atoms with Crippen LogP contribution in [0.1, 0.15) is 114 Å². The average Bonchev–Trinajstić information content (AvgIpc) is 3.82. The number of ketones is 1. The maximum Gasteiger partial charge on any atom is 0.306 e. The summed E-state index contributed by atoms with van der Waals surface area (Å²) >= 11 is 2.41. The van der Waals surface area contributed by atoms with E-state index < -0.39 is 59.0 Å². The summed E-state index contributed by atoms with van der Waals surface area (Å²) in [7, 11) is 7.48. The van der Waals surface area contributed by atoms with Crippen molar-refractivity contribution in [2.24, 2.45) is 23.7 Å². The highest BCUT2D eigenvalue weighted by molar-refractivity contribution is 8.00. The maximum absolute atomic E-state index is 14.2. The molecule has 3 rings (SSSR count). The number of hydrogen-bond donors (Lipinski definition) is 4. The zero-order valence-corrected chi connectivity index (χ0v) is 41.3. The third-order valence-electron chi connectivity index (χ3n) is 11.6. The lowest BCUT2D eigenvalue weighted by Gasteiger charge is -2.36. The van der Waals surface area contributed by atoms with Gasteiger partial charge in [0.05, 0.1) is 38.0 Å². The number of thioether (sulfide) groups is 1. The summed E-state index contributed by atoms with van der Waals surface area (Å²) in [6, 6.07) is 3.32. The summed E-state index contributed by atoms with van der Waals surface area (Å²) in [5.74, 6) is -5.21. The molecule has 0 saturated carbocycles. The molecule has 3 unspecified atom stereocenters. The summed E-state index contributed by atoms with van der Waals surface area (Å²) in [5, 5.41) is 27.3. The SMILES string of the molecule is CCC(C)[C@H](CC(=O)C[N+](C)(C)C)C(=O)N(C)[C@H](C[C@@H](OC(C)=O)c1nc(C(=O)N[C@@H](Cc2ccc(O)c(NC(=O)CCCN3C(=O)CC(SC)C3=O)c2)CC(C)C(=O)O)cs1)C(C)C. The number of aromatic hydroxyl groups is 1. The molecule has 1 aromatic carbocycles. The van der Waals surface area contributed by atoms with Crippen LogP contribution in [0.4, 0.5) is 5.69 Å². The number of aromatic nitrogens is 1. The molecule has 1 aromatic heterocycles. The number of imide groups is 1. The lowest BCUT2D eigenvalue weighted by molar-refractivity contribution is -0.862. The summed E-state index contributed by atoms with van der Waals surface area (Å²) in [6.07, 6.45) is 2.29. The Hall–Kier alpha value is -4.88. The second kappa shape index (κ2) is 24.6. The van der Waals surface area contributed by atoms with Crippen molar-refractivity contribution < 1.29 is 57.8 Å². The minimum atomic E-state index is -1.07. The van der Waals surface area contributed by atoms with E-state index in [1.807, 2.05) is 48.8 Å². The zero-order valence-electron chi connectivity index (χ0n) is 39.7. The molecule has 1 saturated heterocycles. The first-order valence-electron chi connectivity index (χ1n) is 22.1. The van der Waals surface area contributed by atoms with Gasteiger partial charge in [0.25, 0.3) is 5.91 Å². The molecule has 2 heterocycles. The second-order valence-corrected chi connectivity index (χ2v) is 20.4. The molecule has 1 aliphatic rings. The third kappa shape index (κ3) is 16.5. The number of phenolic OH excluding ortho intramolecular Hbond substituents is 1. The van der Waals surface area contributed by atoms with Crippen molar-refractivity contribution in [3.05, 3.63) is 39.8 Å². The first kappa shape index (κ1) is 54.5. The van der Waals surface area contributed by atoms with E-state index in [0.717, 1.165) is 11.3 Å². The normalized spacial score (nSPS) is 16.9. The largest absolute Gasteiger partial charge is 0.506 e. The number of benzene rings is 1. The molecule has 17 nitrogen and oxygen atoms in total. The smallest absolute Gasteiger partial charge is 0.306 e. The molecular weight excluding hydrogens is 877 g/mol. The van der Waals surface area contributed by atoms with E-state index in [-0.39, 0.29) is 104 Å². The molecule has 0 aliphatic carbocycles. The number of nitrogens with zero attached hydrogens (tertiary/aromatic N) is 4. The average molecular weight is 946 g/mol. The second-order valence-electron chi connectivity index (χ2n) is 18.5. The number of carboxylic acids is 1. The van der Waals surface area contributed by atoms with Crippen molar-refractivity contribution >= 4 is 76.0 Å². The van der Waals surface area contributed by atoms with Gasteiger partial charge in [-0.25, -0.2) is 4.98 Å². The van der Waals surface area contributed by atoms with E-state index in [1.165, 1.54) is 48.0 Å². The van der Waals surface area contributed by atoms with Crippen LogP contribution in [0, 0.1) is 23.7 Å². The van der Waals surface area contributed by atoms with E-state index in [2.05, 4.69) is 15.6 Å². The van der Waals surface area contributed by atoms with Gasteiger partial charge in [-0.1, -0.05) is 47.1 Å². The van der Waals surface area contributed by atoms with Gasteiger partial charge in [0.15, 0.2) is 11.9 Å². The predicted octanol–water partition coefficient (Wildman–Crippen LogP) is 5.31. The molecule has 2 aromatic rings. The molecule has 19 heteroatoms. The van der Waals surface area contributed by atoms with E-state index >= 15 is 0 Å². The van der Waals surface area contributed by atoms with Crippen molar-refractivity contribution in [2.75, 3.05) is 52.9 Å². The molecule has 1 fully saturated rings. The van der Waals surface area contributed by atoms with Gasteiger partial charge in [-0.2, -0.15) is 11.8 Å². The number of likely N-dealkylation sites (N-methyl/N-ethyl adjacent to an activating group) is 1. The van der Waals surface area contributed by atoms with Gasteiger partial charge >= 0.3 is 11.9 Å². The van der Waals surface area contributed by atoms with Gasteiger partial charge in [0, 0.05) is 69.6 Å². The third-order valence-corrected chi connectivity index (χ3v) is 13.5. The number of quaternary nitrogens is 1. The minimum absolute atomic E-state index is 0.00106. The number of carboxylic acid groups (broad SMARTS) is 1. The monoisotopic (exact) mass is 945 g/mol. The summed E-state index contributed by atoms with van der Waals surface area (Å²) in [4.78, 5) is 110. The Bertz CT molecular complexity index is 2030. The molecule has 0 bridgehead atoms. The Morgan fingerprint density at radius 3 is 2.32 bits per heavy atom. The predicted molar refractivity (Wildman–Crippen MR) is 249 cm³/mol. The van der Waals surface area contributed by atoms with Crippen LogP contribution in [0.3, 0.4) is 0 Å². The van der Waals surface area contributed by atoms with Crippen LogP contribution >= 0.6 is 23.1 Å². The van der Waals surface area contributed by atoms with E-state index in [0.29, 0.717) is 28.0 Å². The molecule has 4 N–H and O–H groups in total. The number of phenols is 1. The van der Waals surface area contributed by atoms with Gasteiger partial charge in [0.1, 0.15) is 23.0 Å². The number of carbonyl (C=O) groups excluding carboxylic acids is 7. The molecular formula is C46H69N6O11S2+. The van der Waals surface area contributed by atoms with Gasteiger partial charge in [-0.15, -0.1) is 11.3 Å². The van der Waals surface area contributed by atoms with Gasteiger partial charge in [0.2, 0.25) is 23.6 Å². The fourth-order valence-corrected chi connectivity index (χ4v) is 9.35. The molecule has 1 aliphatic heterocycles. The molecule has 65 heavy (non-hydrogen) atoms. The van der Waals surface area contributed by atoms with E-state index in [1.54, 1.807) is 24.3 Å². The van der Waals surface area contributed by atoms with Crippen LogP contribution in [0.2, 0.25) is 0 Å². The van der Waals surface area contributed by atoms with E-state index in [4.69, 9.17) is 4.74 Å². The number of aliphatic carboxylic acids is 1. The number of ether oxygens (including phenoxy) is 1. The van der Waals surface area contributed by atoms with Crippen molar-refractivity contribution in [1.29, 1.82) is 0 Å². The van der Waals surface area contributed by atoms with Crippen molar-refractivity contribution in [1.82, 2.24) is 20.1 Å². The lowest BCUT2D eigenvalue weighted by atomic mass is 9.85. The summed E-state index contributed by atoms with van der Waals surface area (Å²) in [5.41, 5.74) is 0.669. The van der Waals surface area contributed by atoms with Crippen LogP contribution in [-0.2, 0) is 44.7 Å². The van der Waals surface area contributed by atoms with Crippen molar-refractivity contribution in [3.63, 3.8) is 0 Å². The minimum Gasteiger partial charge on any atom is -0.506 e. The first-order chi connectivity index (χ1) is 30.3. The standard InChI is InChI=1S/C46H68N6O11S2/c1-12-27(4)33(21-32(54)24-52(8,9)10)44(59)50(7)36(26(2)3)22-38(63-29(6)53)43-49-35(25-65-43)42(58)47-31(18-28(5)46(61)62)19-30-15-16-37(55)34(20-30)48-40(56)14-13-17-51-41(57)23-39(64-11)45(51)60/h15-16,20,25-28,31,33,36,38-39H,12-14,17-19,21-24H2,1-11H3,(H3-,47,48,55,56,58,61,62)/p+1/t27?,28?,31-,33+,36-,38-,39?/m1/s1. The number of hydrogen-bond acceptors (Lipinski definition) is 13. The van der Waals surface area contributed by atoms with Crippen molar-refractivity contribution in [3.8, 4) is 5.75 Å². The highest BCUT2D eigenvalue weighted by Crippen LogP contribution is 2.33. The van der Waals surface area contributed by atoms with Crippen molar-refractivity contribution in [2.45, 2.75) is 116 Å². The Kier molecular flexibility index (Phi) is 20.6. The van der Waals surface area contributed by atoms with E-state index in [9.17, 15) is 48.6 Å². The molecule has 0 spiro atoms. The molecule has 5 amide bonds. The number of thiazole rings is 1. The fraction of sp³-hybridized carbons (Fsp3) is 0.630. The summed E-state index contributed by atoms with van der Waals surface area (Å²) in [6.45, 7) is 11.0. The zero-order chi connectivity index (χ0) is 48.9. The number of esters is 1. The molecule has 360 valence electrons.